The second kappa shape index (κ2) is 11.7. The molecule has 0 aliphatic carbocycles. The van der Waals surface area contributed by atoms with Crippen LogP contribution in [0.15, 0.2) is 91.0 Å². The summed E-state index contributed by atoms with van der Waals surface area (Å²) in [6.07, 6.45) is -3.08. The fraction of sp³-hybridized carbons (Fsp3) is 0.296. The summed E-state index contributed by atoms with van der Waals surface area (Å²) >= 11 is 0. The molecule has 1 N–H and O–H groups in total. The second-order valence-corrected chi connectivity index (χ2v) is 7.95. The second-order valence-electron chi connectivity index (χ2n) is 7.95. The van der Waals surface area contributed by atoms with E-state index in [2.05, 4.69) is 0 Å². The van der Waals surface area contributed by atoms with Crippen molar-refractivity contribution < 1.29 is 28.8 Å². The average Bonchev–Trinajstić information content (AvgIpc) is 2.86. The lowest BCUT2D eigenvalue weighted by molar-refractivity contribution is -0.240. The van der Waals surface area contributed by atoms with E-state index in [0.29, 0.717) is 13.2 Å². The van der Waals surface area contributed by atoms with Crippen molar-refractivity contribution in [3.8, 4) is 0 Å². The van der Waals surface area contributed by atoms with Gasteiger partial charge in [0.1, 0.15) is 18.3 Å². The van der Waals surface area contributed by atoms with Crippen molar-refractivity contribution in [1.29, 1.82) is 0 Å². The number of carboxylic acid groups (broad SMARTS) is 1. The van der Waals surface area contributed by atoms with Crippen LogP contribution in [0, 0.1) is 0 Å². The molecule has 1 saturated heterocycles. The van der Waals surface area contributed by atoms with Gasteiger partial charge in [0.2, 0.25) is 0 Å². The number of carboxylic acids is 1. The standard InChI is InChI=1S/C27H28O6/c28-27(29)26-25(32-18-22-14-8-3-9-15-22)24(31-17-21-12-6-2-7-13-21)23(19-33-26)30-16-20-10-4-1-5-11-20/h1-15,23-26H,16-19H2,(H,28,29). The van der Waals surface area contributed by atoms with Gasteiger partial charge in [-0.05, 0) is 16.7 Å². The molecular formula is C27H28O6. The van der Waals surface area contributed by atoms with Crippen LogP contribution in [0.3, 0.4) is 0 Å². The van der Waals surface area contributed by atoms with Gasteiger partial charge in [-0.3, -0.25) is 0 Å². The molecule has 4 unspecified atom stereocenters. The van der Waals surface area contributed by atoms with Gasteiger partial charge in [-0.15, -0.1) is 0 Å². The molecule has 1 aliphatic rings. The van der Waals surface area contributed by atoms with E-state index < -0.39 is 30.4 Å². The Morgan fingerprint density at radius 2 is 1.12 bits per heavy atom. The lowest BCUT2D eigenvalue weighted by Gasteiger charge is -2.40. The highest BCUT2D eigenvalue weighted by Crippen LogP contribution is 2.27. The number of carbonyl (C=O) groups is 1. The van der Waals surface area contributed by atoms with Crippen molar-refractivity contribution in [2.75, 3.05) is 6.61 Å². The number of hydrogen-bond acceptors (Lipinski definition) is 5. The summed E-state index contributed by atoms with van der Waals surface area (Å²) in [5, 5.41) is 9.80. The van der Waals surface area contributed by atoms with Crippen LogP contribution < -0.4 is 0 Å². The number of benzene rings is 3. The van der Waals surface area contributed by atoms with Gasteiger partial charge in [0.25, 0.3) is 0 Å². The van der Waals surface area contributed by atoms with E-state index in [1.807, 2.05) is 91.0 Å². The Bertz CT molecular complexity index is 979. The smallest absolute Gasteiger partial charge is 0.335 e. The molecule has 1 heterocycles. The van der Waals surface area contributed by atoms with E-state index in [0.717, 1.165) is 16.7 Å². The van der Waals surface area contributed by atoms with Gasteiger partial charge < -0.3 is 24.1 Å². The first-order valence-corrected chi connectivity index (χ1v) is 11.0. The van der Waals surface area contributed by atoms with Crippen molar-refractivity contribution in [1.82, 2.24) is 0 Å². The van der Waals surface area contributed by atoms with Crippen molar-refractivity contribution >= 4 is 5.97 Å². The van der Waals surface area contributed by atoms with Crippen molar-refractivity contribution in [3.05, 3.63) is 108 Å². The number of rotatable bonds is 10. The minimum atomic E-state index is -1.15. The number of hydrogen-bond donors (Lipinski definition) is 1. The SMILES string of the molecule is O=C(O)C1OCC(OCc2ccccc2)C(OCc2ccccc2)C1OCc1ccccc1. The first kappa shape index (κ1) is 23.1. The molecule has 4 atom stereocenters. The molecule has 1 aliphatic heterocycles. The lowest BCUT2D eigenvalue weighted by Crippen LogP contribution is -2.58. The monoisotopic (exact) mass is 448 g/mol. The molecule has 3 aromatic carbocycles. The van der Waals surface area contributed by atoms with Crippen LogP contribution in [-0.2, 0) is 43.6 Å². The Morgan fingerprint density at radius 1 is 0.697 bits per heavy atom. The molecule has 0 aromatic heterocycles. The Morgan fingerprint density at radius 3 is 1.58 bits per heavy atom. The molecule has 0 saturated carbocycles. The largest absolute Gasteiger partial charge is 0.479 e. The third-order valence-electron chi connectivity index (χ3n) is 5.55. The van der Waals surface area contributed by atoms with E-state index >= 15 is 0 Å². The fourth-order valence-corrected chi connectivity index (χ4v) is 3.82. The molecule has 172 valence electrons. The maximum absolute atomic E-state index is 12.0. The molecule has 0 spiro atoms. The number of ether oxygens (including phenoxy) is 4. The fourth-order valence-electron chi connectivity index (χ4n) is 3.82. The zero-order valence-corrected chi connectivity index (χ0v) is 18.3. The van der Waals surface area contributed by atoms with Crippen LogP contribution >= 0.6 is 0 Å². The highest BCUT2D eigenvalue weighted by Gasteiger charge is 2.46. The lowest BCUT2D eigenvalue weighted by atomic mass is 9.99. The van der Waals surface area contributed by atoms with Gasteiger partial charge in [-0.1, -0.05) is 91.0 Å². The van der Waals surface area contributed by atoms with E-state index in [-0.39, 0.29) is 13.2 Å². The molecule has 4 rings (SSSR count). The normalized spacial score (nSPS) is 22.7. The van der Waals surface area contributed by atoms with Crippen molar-refractivity contribution in [2.45, 2.75) is 44.2 Å². The average molecular weight is 449 g/mol. The Kier molecular flexibility index (Phi) is 8.22. The number of aliphatic carboxylic acids is 1. The van der Waals surface area contributed by atoms with Gasteiger partial charge in [0.05, 0.1) is 26.4 Å². The van der Waals surface area contributed by atoms with Gasteiger partial charge in [-0.25, -0.2) is 4.79 Å². The van der Waals surface area contributed by atoms with Gasteiger partial charge in [0.15, 0.2) is 6.10 Å². The Balaban J connectivity index is 1.52. The third-order valence-corrected chi connectivity index (χ3v) is 5.55. The predicted octanol–water partition coefficient (Wildman–Crippen LogP) is 4.23. The van der Waals surface area contributed by atoms with E-state index in [1.54, 1.807) is 0 Å². The van der Waals surface area contributed by atoms with E-state index in [4.69, 9.17) is 18.9 Å². The first-order chi connectivity index (χ1) is 16.2. The van der Waals surface area contributed by atoms with Crippen molar-refractivity contribution in [3.63, 3.8) is 0 Å². The molecule has 6 nitrogen and oxygen atoms in total. The summed E-state index contributed by atoms with van der Waals surface area (Å²) in [6, 6.07) is 29.2. The summed E-state index contributed by atoms with van der Waals surface area (Å²) < 4.78 is 24.2. The molecule has 0 amide bonds. The summed E-state index contributed by atoms with van der Waals surface area (Å²) in [5.41, 5.74) is 2.94. The molecule has 0 bridgehead atoms. The van der Waals surface area contributed by atoms with Crippen molar-refractivity contribution in [2.24, 2.45) is 0 Å². The summed E-state index contributed by atoms with van der Waals surface area (Å²) in [5.74, 6) is -1.08. The van der Waals surface area contributed by atoms with Crippen LogP contribution in [0.1, 0.15) is 16.7 Å². The summed E-state index contributed by atoms with van der Waals surface area (Å²) in [4.78, 5) is 12.0. The highest BCUT2D eigenvalue weighted by atomic mass is 16.6. The maximum Gasteiger partial charge on any atom is 0.335 e. The van der Waals surface area contributed by atoms with Crippen LogP contribution in [0.2, 0.25) is 0 Å². The van der Waals surface area contributed by atoms with Gasteiger partial charge in [-0.2, -0.15) is 0 Å². The minimum Gasteiger partial charge on any atom is -0.479 e. The third kappa shape index (κ3) is 6.49. The van der Waals surface area contributed by atoms with E-state index in [1.165, 1.54) is 0 Å². The molecular weight excluding hydrogens is 420 g/mol. The molecule has 3 aromatic rings. The summed E-state index contributed by atoms with van der Waals surface area (Å²) in [7, 11) is 0. The zero-order valence-electron chi connectivity index (χ0n) is 18.3. The highest BCUT2D eigenvalue weighted by molar-refractivity contribution is 5.73. The van der Waals surface area contributed by atoms with Crippen LogP contribution in [0.25, 0.3) is 0 Å². The maximum atomic E-state index is 12.0. The molecule has 1 fully saturated rings. The van der Waals surface area contributed by atoms with E-state index in [9.17, 15) is 9.90 Å². The minimum absolute atomic E-state index is 0.106. The van der Waals surface area contributed by atoms with Crippen LogP contribution in [0.5, 0.6) is 0 Å². The topological polar surface area (TPSA) is 74.2 Å². The Hall–Kier alpha value is -3.03. The molecule has 33 heavy (non-hydrogen) atoms. The van der Waals surface area contributed by atoms with Crippen LogP contribution in [-0.4, -0.2) is 42.1 Å². The first-order valence-electron chi connectivity index (χ1n) is 11.0. The Labute approximate surface area is 193 Å². The summed E-state index contributed by atoms with van der Waals surface area (Å²) in [6.45, 7) is 1.03. The van der Waals surface area contributed by atoms with Crippen LogP contribution in [0.4, 0.5) is 0 Å². The molecule has 0 radical (unpaired) electrons. The predicted molar refractivity (Wildman–Crippen MR) is 122 cm³/mol. The van der Waals surface area contributed by atoms with Gasteiger partial charge >= 0.3 is 5.97 Å². The van der Waals surface area contributed by atoms with Gasteiger partial charge in [0, 0.05) is 0 Å². The zero-order chi connectivity index (χ0) is 22.9. The quantitative estimate of drug-likeness (QED) is 0.501. The molecule has 6 heteroatoms.